The predicted molar refractivity (Wildman–Crippen MR) is 76.3 cm³/mol. The number of anilines is 1. The molecule has 7 nitrogen and oxygen atoms in total. The first-order chi connectivity index (χ1) is 10.3. The van der Waals surface area contributed by atoms with Gasteiger partial charge in [-0.25, -0.2) is 4.79 Å². The predicted octanol–water partition coefficient (Wildman–Crippen LogP) is 2.42. The molecule has 0 bridgehead atoms. The minimum Gasteiger partial charge on any atom is -0.365 e. The SMILES string of the molecule is O=C(Nc1nnc(C2CC2)s1)N1CCC(c2ccon2)C1. The summed E-state index contributed by atoms with van der Waals surface area (Å²) >= 11 is 1.48. The van der Waals surface area contributed by atoms with Gasteiger partial charge >= 0.3 is 6.03 Å². The Morgan fingerprint density at radius 2 is 2.24 bits per heavy atom. The molecule has 0 spiro atoms. The fraction of sp³-hybridized carbons (Fsp3) is 0.538. The first kappa shape index (κ1) is 12.8. The molecule has 1 aliphatic heterocycles. The second kappa shape index (κ2) is 5.10. The highest BCUT2D eigenvalue weighted by atomic mass is 32.1. The molecule has 2 aromatic heterocycles. The molecule has 1 saturated heterocycles. The summed E-state index contributed by atoms with van der Waals surface area (Å²) in [4.78, 5) is 14.0. The van der Waals surface area contributed by atoms with Crippen molar-refractivity contribution >= 4 is 22.5 Å². The van der Waals surface area contributed by atoms with Gasteiger partial charge in [0.15, 0.2) is 0 Å². The molecule has 4 rings (SSSR count). The van der Waals surface area contributed by atoms with E-state index in [1.54, 1.807) is 11.2 Å². The summed E-state index contributed by atoms with van der Waals surface area (Å²) in [5, 5.41) is 16.6. The Kier molecular flexibility index (Phi) is 3.10. The van der Waals surface area contributed by atoms with Gasteiger partial charge in [-0.1, -0.05) is 16.5 Å². The van der Waals surface area contributed by atoms with E-state index in [-0.39, 0.29) is 11.9 Å². The zero-order chi connectivity index (χ0) is 14.2. The van der Waals surface area contributed by atoms with E-state index >= 15 is 0 Å². The van der Waals surface area contributed by atoms with E-state index in [1.165, 1.54) is 24.2 Å². The standard InChI is InChI=1S/C13H15N5O2S/c19-13(14-12-16-15-11(21-12)8-1-2-8)18-5-3-9(7-18)10-4-6-20-17-10/h4,6,8-9H,1-3,5,7H2,(H,14,16,19). The Labute approximate surface area is 125 Å². The molecule has 2 aliphatic rings. The lowest BCUT2D eigenvalue weighted by Gasteiger charge is -2.15. The monoisotopic (exact) mass is 305 g/mol. The Hall–Kier alpha value is -1.96. The number of urea groups is 1. The lowest BCUT2D eigenvalue weighted by Crippen LogP contribution is -2.32. The molecule has 21 heavy (non-hydrogen) atoms. The maximum absolute atomic E-state index is 12.2. The molecule has 1 N–H and O–H groups in total. The Morgan fingerprint density at radius 3 is 3.00 bits per heavy atom. The average molecular weight is 305 g/mol. The van der Waals surface area contributed by atoms with Crippen molar-refractivity contribution in [1.29, 1.82) is 0 Å². The molecule has 0 radical (unpaired) electrons. The van der Waals surface area contributed by atoms with Crippen LogP contribution in [-0.2, 0) is 0 Å². The molecular formula is C13H15N5O2S. The highest BCUT2D eigenvalue weighted by Crippen LogP contribution is 2.42. The number of hydrogen-bond acceptors (Lipinski definition) is 6. The molecule has 1 aliphatic carbocycles. The summed E-state index contributed by atoms with van der Waals surface area (Å²) in [6.07, 6.45) is 4.85. The highest BCUT2D eigenvalue weighted by Gasteiger charge is 2.30. The number of amides is 2. The average Bonchev–Trinajstić information content (AvgIpc) is 2.94. The number of hydrogen-bond donors (Lipinski definition) is 1. The third-order valence-electron chi connectivity index (χ3n) is 3.93. The van der Waals surface area contributed by atoms with Crippen molar-refractivity contribution in [3.63, 3.8) is 0 Å². The smallest absolute Gasteiger partial charge is 0.323 e. The van der Waals surface area contributed by atoms with Crippen LogP contribution < -0.4 is 5.32 Å². The maximum atomic E-state index is 12.2. The lowest BCUT2D eigenvalue weighted by molar-refractivity contribution is 0.222. The van der Waals surface area contributed by atoms with Gasteiger partial charge in [-0.15, -0.1) is 10.2 Å². The first-order valence-electron chi connectivity index (χ1n) is 7.09. The van der Waals surface area contributed by atoms with Crippen LogP contribution in [0.15, 0.2) is 16.9 Å². The number of carbonyl (C=O) groups excluding carboxylic acids is 1. The fourth-order valence-electron chi connectivity index (χ4n) is 2.57. The number of aromatic nitrogens is 3. The van der Waals surface area contributed by atoms with E-state index in [4.69, 9.17) is 4.52 Å². The van der Waals surface area contributed by atoms with E-state index in [0.29, 0.717) is 17.6 Å². The zero-order valence-corrected chi connectivity index (χ0v) is 12.2. The molecular weight excluding hydrogens is 290 g/mol. The summed E-state index contributed by atoms with van der Waals surface area (Å²) in [6.45, 7) is 1.38. The quantitative estimate of drug-likeness (QED) is 0.941. The lowest BCUT2D eigenvalue weighted by atomic mass is 10.1. The van der Waals surface area contributed by atoms with Gasteiger partial charge in [0.2, 0.25) is 5.13 Å². The van der Waals surface area contributed by atoms with Gasteiger partial charge < -0.3 is 9.42 Å². The normalized spacial score (nSPS) is 21.7. The van der Waals surface area contributed by atoms with E-state index < -0.39 is 0 Å². The Bertz CT molecular complexity index is 637. The first-order valence-corrected chi connectivity index (χ1v) is 7.91. The second-order valence-corrected chi connectivity index (χ2v) is 6.51. The van der Waals surface area contributed by atoms with Crippen molar-refractivity contribution in [3.05, 3.63) is 23.0 Å². The Morgan fingerprint density at radius 1 is 1.33 bits per heavy atom. The number of nitrogens with zero attached hydrogens (tertiary/aromatic N) is 4. The summed E-state index contributed by atoms with van der Waals surface area (Å²) in [6, 6.07) is 1.75. The van der Waals surface area contributed by atoms with Gasteiger partial charge in [0.1, 0.15) is 11.3 Å². The van der Waals surface area contributed by atoms with Crippen molar-refractivity contribution in [1.82, 2.24) is 20.3 Å². The van der Waals surface area contributed by atoms with Crippen LogP contribution in [0.5, 0.6) is 0 Å². The Balaban J connectivity index is 1.36. The van der Waals surface area contributed by atoms with Gasteiger partial charge in [-0.05, 0) is 19.3 Å². The van der Waals surface area contributed by atoms with E-state index in [0.717, 1.165) is 23.7 Å². The summed E-state index contributed by atoms with van der Waals surface area (Å²) < 4.78 is 4.86. The van der Waals surface area contributed by atoms with Gasteiger partial charge in [0.25, 0.3) is 0 Å². The van der Waals surface area contributed by atoms with Crippen LogP contribution in [0.25, 0.3) is 0 Å². The van der Waals surface area contributed by atoms with Crippen molar-refractivity contribution in [3.8, 4) is 0 Å². The molecule has 1 unspecified atom stereocenters. The topological polar surface area (TPSA) is 84.2 Å². The van der Waals surface area contributed by atoms with Crippen molar-refractivity contribution in [2.75, 3.05) is 18.4 Å². The molecule has 1 saturated carbocycles. The molecule has 2 fully saturated rings. The largest absolute Gasteiger partial charge is 0.365 e. The van der Waals surface area contributed by atoms with Crippen molar-refractivity contribution in [2.45, 2.75) is 31.1 Å². The van der Waals surface area contributed by atoms with Crippen LogP contribution >= 0.6 is 11.3 Å². The maximum Gasteiger partial charge on any atom is 0.323 e. The van der Waals surface area contributed by atoms with Crippen LogP contribution in [0.3, 0.4) is 0 Å². The van der Waals surface area contributed by atoms with Crippen molar-refractivity contribution in [2.24, 2.45) is 0 Å². The van der Waals surface area contributed by atoms with Gasteiger partial charge in [0, 0.05) is 31.0 Å². The molecule has 8 heteroatoms. The van der Waals surface area contributed by atoms with E-state index in [1.807, 2.05) is 6.07 Å². The third-order valence-corrected chi connectivity index (χ3v) is 4.93. The summed E-state index contributed by atoms with van der Waals surface area (Å²) in [5.41, 5.74) is 0.914. The van der Waals surface area contributed by atoms with Gasteiger partial charge in [0.05, 0.1) is 5.69 Å². The van der Waals surface area contributed by atoms with Crippen LogP contribution in [0.2, 0.25) is 0 Å². The van der Waals surface area contributed by atoms with Crippen LogP contribution in [0.1, 0.15) is 41.8 Å². The molecule has 0 aromatic carbocycles. The fourth-order valence-corrected chi connectivity index (χ4v) is 3.47. The third kappa shape index (κ3) is 2.63. The van der Waals surface area contributed by atoms with E-state index in [2.05, 4.69) is 20.7 Å². The van der Waals surface area contributed by atoms with Gasteiger partial charge in [-0.2, -0.15) is 0 Å². The molecule has 110 valence electrons. The molecule has 3 heterocycles. The van der Waals surface area contributed by atoms with Gasteiger partial charge in [-0.3, -0.25) is 5.32 Å². The van der Waals surface area contributed by atoms with E-state index in [9.17, 15) is 4.79 Å². The molecule has 1 atom stereocenters. The number of carbonyl (C=O) groups is 1. The zero-order valence-electron chi connectivity index (χ0n) is 11.4. The highest BCUT2D eigenvalue weighted by molar-refractivity contribution is 7.15. The summed E-state index contributed by atoms with van der Waals surface area (Å²) in [7, 11) is 0. The molecule has 2 amide bonds. The molecule has 2 aromatic rings. The van der Waals surface area contributed by atoms with Crippen LogP contribution in [0, 0.1) is 0 Å². The minimum absolute atomic E-state index is 0.112. The number of rotatable bonds is 3. The van der Waals surface area contributed by atoms with Crippen molar-refractivity contribution < 1.29 is 9.32 Å². The second-order valence-electron chi connectivity index (χ2n) is 5.51. The minimum atomic E-state index is -0.112. The number of nitrogens with one attached hydrogen (secondary N) is 1. The number of likely N-dealkylation sites (tertiary alicyclic amines) is 1. The van der Waals surface area contributed by atoms with Crippen LogP contribution in [-0.4, -0.2) is 39.4 Å². The van der Waals surface area contributed by atoms with Crippen LogP contribution in [0.4, 0.5) is 9.93 Å². The summed E-state index contributed by atoms with van der Waals surface area (Å²) in [5.74, 6) is 0.822.